The molecule has 0 spiro atoms. The molecule has 1 aliphatic rings. The number of carboxylic acids is 2. The van der Waals surface area contributed by atoms with Crippen molar-refractivity contribution in [2.45, 2.75) is 39.5 Å². The molecule has 1 fully saturated rings. The minimum absolute atomic E-state index is 0.0114. The molecule has 0 aromatic carbocycles. The van der Waals surface area contributed by atoms with Crippen molar-refractivity contribution in [2.24, 2.45) is 23.7 Å². The molecule has 0 aromatic rings. The number of rotatable bonds is 4. The fraction of sp³-hybridized carbons (Fsp3) is 0.833. The summed E-state index contributed by atoms with van der Waals surface area (Å²) in [6, 6.07) is 0. The first kappa shape index (κ1) is 13.0. The van der Waals surface area contributed by atoms with Crippen LogP contribution < -0.4 is 0 Å². The average Bonchev–Trinajstić information content (AvgIpc) is 2.26. The van der Waals surface area contributed by atoms with E-state index in [9.17, 15) is 9.59 Å². The van der Waals surface area contributed by atoms with E-state index >= 15 is 0 Å². The Balaban J connectivity index is 2.77. The zero-order valence-corrected chi connectivity index (χ0v) is 9.85. The molecule has 0 heterocycles. The van der Waals surface area contributed by atoms with Crippen molar-refractivity contribution in [3.05, 3.63) is 0 Å². The fourth-order valence-electron chi connectivity index (χ4n) is 2.67. The topological polar surface area (TPSA) is 74.6 Å². The van der Waals surface area contributed by atoms with Gasteiger partial charge in [-0.05, 0) is 31.1 Å². The quantitative estimate of drug-likeness (QED) is 0.773. The van der Waals surface area contributed by atoms with Gasteiger partial charge in [-0.3, -0.25) is 9.59 Å². The second-order valence-corrected chi connectivity index (χ2v) is 4.84. The summed E-state index contributed by atoms with van der Waals surface area (Å²) in [5.74, 6) is -1.97. The van der Waals surface area contributed by atoms with Crippen LogP contribution in [0.4, 0.5) is 0 Å². The van der Waals surface area contributed by atoms with Crippen LogP contribution in [0.2, 0.25) is 0 Å². The smallest absolute Gasteiger partial charge is 0.306 e. The Bertz CT molecular complexity index is 274. The monoisotopic (exact) mass is 228 g/mol. The Morgan fingerprint density at radius 2 is 1.88 bits per heavy atom. The van der Waals surface area contributed by atoms with Gasteiger partial charge in [0.15, 0.2) is 0 Å². The van der Waals surface area contributed by atoms with Crippen LogP contribution in [0.5, 0.6) is 0 Å². The maximum atomic E-state index is 11.1. The van der Waals surface area contributed by atoms with Crippen LogP contribution in [0.3, 0.4) is 0 Å². The normalized spacial score (nSPS) is 32.0. The van der Waals surface area contributed by atoms with Crippen LogP contribution in [0.15, 0.2) is 0 Å². The molecule has 4 atom stereocenters. The fourth-order valence-corrected chi connectivity index (χ4v) is 2.67. The van der Waals surface area contributed by atoms with E-state index in [1.54, 1.807) is 0 Å². The van der Waals surface area contributed by atoms with Crippen LogP contribution >= 0.6 is 0 Å². The van der Waals surface area contributed by atoms with Gasteiger partial charge >= 0.3 is 11.9 Å². The number of hydrogen-bond acceptors (Lipinski definition) is 2. The molecule has 4 nitrogen and oxygen atoms in total. The molecule has 1 saturated carbocycles. The first-order chi connectivity index (χ1) is 7.47. The number of aliphatic carboxylic acids is 2. The van der Waals surface area contributed by atoms with Gasteiger partial charge in [0, 0.05) is 0 Å². The Labute approximate surface area is 95.7 Å². The third-order valence-corrected chi connectivity index (χ3v) is 3.94. The van der Waals surface area contributed by atoms with E-state index in [1.165, 1.54) is 0 Å². The van der Waals surface area contributed by atoms with E-state index in [-0.39, 0.29) is 23.7 Å². The van der Waals surface area contributed by atoms with E-state index in [4.69, 9.17) is 10.2 Å². The van der Waals surface area contributed by atoms with Crippen molar-refractivity contribution in [3.8, 4) is 0 Å². The molecule has 0 bridgehead atoms. The van der Waals surface area contributed by atoms with Gasteiger partial charge in [0.05, 0.1) is 11.8 Å². The summed E-state index contributed by atoms with van der Waals surface area (Å²) in [6.45, 7) is 4.04. The zero-order chi connectivity index (χ0) is 12.3. The molecule has 0 radical (unpaired) electrons. The maximum Gasteiger partial charge on any atom is 0.306 e. The van der Waals surface area contributed by atoms with Gasteiger partial charge < -0.3 is 10.2 Å². The lowest BCUT2D eigenvalue weighted by atomic mass is 9.68. The second-order valence-electron chi connectivity index (χ2n) is 4.84. The Hall–Kier alpha value is -1.06. The van der Waals surface area contributed by atoms with Gasteiger partial charge in [0.1, 0.15) is 0 Å². The van der Waals surface area contributed by atoms with E-state index in [2.05, 4.69) is 0 Å². The molecule has 0 aliphatic heterocycles. The van der Waals surface area contributed by atoms with Crippen LogP contribution in [-0.2, 0) is 9.59 Å². The largest absolute Gasteiger partial charge is 0.481 e. The highest BCUT2D eigenvalue weighted by atomic mass is 16.4. The van der Waals surface area contributed by atoms with Crippen molar-refractivity contribution in [2.75, 3.05) is 0 Å². The van der Waals surface area contributed by atoms with Crippen LogP contribution in [0.25, 0.3) is 0 Å². The van der Waals surface area contributed by atoms with Crippen molar-refractivity contribution in [1.29, 1.82) is 0 Å². The lowest BCUT2D eigenvalue weighted by molar-refractivity contribution is -0.152. The number of carboxylic acid groups (broad SMARTS) is 2. The molecule has 0 aromatic heterocycles. The van der Waals surface area contributed by atoms with Crippen LogP contribution in [-0.4, -0.2) is 22.2 Å². The SMILES string of the molecule is CCC(C)C1CC(C(=O)O)CCC1C(=O)O. The molecule has 4 heteroatoms. The standard InChI is InChI=1S/C12H20O4/c1-3-7(2)10-6-8(11(13)14)4-5-9(10)12(15)16/h7-10H,3-6H2,1-2H3,(H,13,14)(H,15,16). The summed E-state index contributed by atoms with van der Waals surface area (Å²) in [4.78, 5) is 22.1. The lowest BCUT2D eigenvalue weighted by Crippen LogP contribution is -2.36. The second kappa shape index (κ2) is 5.32. The molecule has 4 unspecified atom stereocenters. The van der Waals surface area contributed by atoms with E-state index in [0.29, 0.717) is 19.3 Å². The summed E-state index contributed by atoms with van der Waals surface area (Å²) in [5, 5.41) is 18.1. The van der Waals surface area contributed by atoms with Crippen molar-refractivity contribution in [1.82, 2.24) is 0 Å². The minimum Gasteiger partial charge on any atom is -0.481 e. The molecular formula is C12H20O4. The van der Waals surface area contributed by atoms with Crippen LogP contribution in [0, 0.1) is 23.7 Å². The van der Waals surface area contributed by atoms with Gasteiger partial charge in [0.2, 0.25) is 0 Å². The first-order valence-electron chi connectivity index (χ1n) is 5.93. The summed E-state index contributed by atoms with van der Waals surface area (Å²) >= 11 is 0. The number of hydrogen-bond donors (Lipinski definition) is 2. The molecule has 2 N–H and O–H groups in total. The summed E-state index contributed by atoms with van der Waals surface area (Å²) in [5.41, 5.74) is 0. The van der Waals surface area contributed by atoms with E-state index < -0.39 is 11.9 Å². The lowest BCUT2D eigenvalue weighted by Gasteiger charge is -2.35. The molecule has 0 saturated heterocycles. The number of carbonyl (C=O) groups is 2. The van der Waals surface area contributed by atoms with Gasteiger partial charge in [-0.25, -0.2) is 0 Å². The van der Waals surface area contributed by atoms with E-state index in [0.717, 1.165) is 6.42 Å². The summed E-state index contributed by atoms with van der Waals surface area (Å²) in [7, 11) is 0. The highest BCUT2D eigenvalue weighted by Crippen LogP contribution is 2.39. The first-order valence-corrected chi connectivity index (χ1v) is 5.93. The Morgan fingerprint density at radius 3 is 2.31 bits per heavy atom. The summed E-state index contributed by atoms with van der Waals surface area (Å²) in [6.07, 6.45) is 2.42. The Kier molecular flexibility index (Phi) is 4.33. The van der Waals surface area contributed by atoms with E-state index in [1.807, 2.05) is 13.8 Å². The molecule has 0 amide bonds. The predicted molar refractivity (Wildman–Crippen MR) is 59.0 cm³/mol. The van der Waals surface area contributed by atoms with Crippen molar-refractivity contribution in [3.63, 3.8) is 0 Å². The molecule has 16 heavy (non-hydrogen) atoms. The maximum absolute atomic E-state index is 11.1. The predicted octanol–water partition coefficient (Wildman–Crippen LogP) is 2.23. The third kappa shape index (κ3) is 2.74. The molecule has 1 aliphatic carbocycles. The summed E-state index contributed by atoms with van der Waals surface area (Å²) < 4.78 is 0. The van der Waals surface area contributed by atoms with Crippen molar-refractivity contribution < 1.29 is 19.8 Å². The average molecular weight is 228 g/mol. The molecular weight excluding hydrogens is 208 g/mol. The van der Waals surface area contributed by atoms with Gasteiger partial charge in [0.25, 0.3) is 0 Å². The molecule has 92 valence electrons. The van der Waals surface area contributed by atoms with Gasteiger partial charge in [-0.2, -0.15) is 0 Å². The minimum atomic E-state index is -0.780. The highest BCUT2D eigenvalue weighted by molar-refractivity contribution is 5.73. The highest BCUT2D eigenvalue weighted by Gasteiger charge is 2.39. The Morgan fingerprint density at radius 1 is 1.25 bits per heavy atom. The molecule has 1 rings (SSSR count). The zero-order valence-electron chi connectivity index (χ0n) is 9.85. The van der Waals surface area contributed by atoms with Gasteiger partial charge in [-0.1, -0.05) is 20.3 Å². The van der Waals surface area contributed by atoms with Crippen molar-refractivity contribution >= 4 is 11.9 Å². The van der Waals surface area contributed by atoms with Crippen LogP contribution in [0.1, 0.15) is 39.5 Å². The third-order valence-electron chi connectivity index (χ3n) is 3.94. The van der Waals surface area contributed by atoms with Gasteiger partial charge in [-0.15, -0.1) is 0 Å².